The highest BCUT2D eigenvalue weighted by atomic mass is 16.5. The molecule has 0 saturated carbocycles. The maximum atomic E-state index is 13.4. The van der Waals surface area contributed by atoms with E-state index >= 15 is 0 Å². The summed E-state index contributed by atoms with van der Waals surface area (Å²) < 4.78 is 6.04. The molecule has 0 radical (unpaired) electrons. The summed E-state index contributed by atoms with van der Waals surface area (Å²) in [6.45, 7) is 7.09. The van der Waals surface area contributed by atoms with Crippen LogP contribution in [0.1, 0.15) is 83.2 Å². The number of nitrogens with one attached hydrogen (secondary N) is 2. The molecule has 4 saturated heterocycles. The fourth-order valence-corrected chi connectivity index (χ4v) is 10.3. The maximum Gasteiger partial charge on any atom is 0.267 e. The van der Waals surface area contributed by atoms with Gasteiger partial charge in [0.2, 0.25) is 11.8 Å². The minimum Gasteiger partial charge on any atom is -0.457 e. The predicted octanol–water partition coefficient (Wildman–Crippen LogP) is 3.38. The standard InChI is InChI=1S/C46H50N10O5/c47-42-40-41(30-8-11-35(12-9-30)61-34-6-2-1-3-7-34)51-56(43(40)49-28-48-42)33-5-4-20-54(27-33)31-18-21-52(22-19-31)26-29-16-23-53(24-17-29)32-10-13-36-37(25-32)46(60)55(45(36)59)38-14-15-39(57)50-44(38)58/h1-3,6-13,25,28-29,31,33,38H,4-5,14-24,26-27H2,(H2,47,48,49)(H,50,57,58)/p+1. The Bertz CT molecular complexity index is 2380. The van der Waals surface area contributed by atoms with Gasteiger partial charge < -0.3 is 20.3 Å². The monoisotopic (exact) mass is 823 g/mol. The average molecular weight is 824 g/mol. The van der Waals surface area contributed by atoms with Crippen LogP contribution in [0.2, 0.25) is 0 Å². The van der Waals surface area contributed by atoms with Gasteiger partial charge in [-0.05, 0) is 119 Å². The lowest BCUT2D eigenvalue weighted by Crippen LogP contribution is -3.07. The van der Waals surface area contributed by atoms with Crippen LogP contribution >= 0.6 is 0 Å². The van der Waals surface area contributed by atoms with Crippen LogP contribution in [0.4, 0.5) is 17.3 Å². The zero-order valence-corrected chi connectivity index (χ0v) is 34.2. The number of aromatic nitrogens is 2. The second kappa shape index (κ2) is 16.4. The number of hydrogen-bond acceptors (Lipinski definition) is 12. The van der Waals surface area contributed by atoms with Gasteiger partial charge in [-0.3, -0.25) is 34.3 Å². The highest BCUT2D eigenvalue weighted by Crippen LogP contribution is 2.33. The number of fused-ring (bicyclic) bond motifs is 2. The number of hydrogen-bond donors (Lipinski definition) is 3. The Hall–Kier alpha value is -6.03. The molecule has 3 unspecified atom stereocenters. The number of ether oxygens (including phenoxy) is 1. The Morgan fingerprint density at radius 1 is 0.787 bits per heavy atom. The molecule has 4 amide bonds. The molecule has 1 aromatic heterocycles. The highest BCUT2D eigenvalue weighted by Gasteiger charge is 2.45. The summed E-state index contributed by atoms with van der Waals surface area (Å²) in [6.07, 6.45) is 8.40. The van der Waals surface area contributed by atoms with Crippen LogP contribution in [0.25, 0.3) is 0 Å². The molecule has 10 rings (SSSR count). The van der Waals surface area contributed by atoms with Gasteiger partial charge in [-0.25, -0.2) is 4.98 Å². The summed E-state index contributed by atoms with van der Waals surface area (Å²) in [4.78, 5) is 68.5. The van der Waals surface area contributed by atoms with E-state index in [1.165, 1.54) is 0 Å². The minimum absolute atomic E-state index is 0.102. The van der Waals surface area contributed by atoms with E-state index in [1.54, 1.807) is 18.5 Å². The topological polar surface area (TPSA) is 171 Å². The molecule has 0 spiro atoms. The number of likely N-dealkylation sites (tertiary alicyclic amines) is 2. The number of nitrogens with zero attached hydrogens (tertiary/aromatic N) is 7. The molecule has 6 aliphatic rings. The molecule has 6 aliphatic heterocycles. The largest absolute Gasteiger partial charge is 0.457 e. The zero-order valence-electron chi connectivity index (χ0n) is 34.2. The molecular weight excluding hydrogens is 773 g/mol. The second-order valence-corrected chi connectivity index (χ2v) is 17.2. The summed E-state index contributed by atoms with van der Waals surface area (Å²) >= 11 is 0. The summed E-state index contributed by atoms with van der Waals surface area (Å²) in [5.41, 5.74) is 10.7. The van der Waals surface area contributed by atoms with Crippen molar-refractivity contribution in [3.8, 4) is 11.5 Å². The molecule has 0 aliphatic carbocycles. The fraction of sp³-hybridized carbons (Fsp3) is 0.413. The highest BCUT2D eigenvalue weighted by molar-refractivity contribution is 6.24. The molecule has 4 fully saturated rings. The molecule has 0 bridgehead atoms. The quantitative estimate of drug-likeness (QED) is 0.212. The number of para-hydroxylation sites is 1. The number of anilines is 2. The van der Waals surface area contributed by atoms with Crippen LogP contribution < -0.4 is 25.7 Å². The maximum absolute atomic E-state index is 13.4. The molecular formula is C46H51N10O5+. The Morgan fingerprint density at radius 3 is 2.31 bits per heavy atom. The van der Waals surface area contributed by atoms with Crippen molar-refractivity contribution >= 4 is 46.7 Å². The zero-order chi connectivity index (χ0) is 41.6. The third kappa shape index (κ3) is 7.66. The first kappa shape index (κ1) is 39.1. The van der Waals surface area contributed by atoms with Crippen molar-refractivity contribution < 1.29 is 28.9 Å². The van der Waals surface area contributed by atoms with Gasteiger partial charge in [0.1, 0.15) is 47.0 Å². The van der Waals surface area contributed by atoms with E-state index in [1.807, 2.05) is 60.7 Å². The lowest BCUT2D eigenvalue weighted by Gasteiger charge is -2.43. The van der Waals surface area contributed by atoms with Crippen LogP contribution in [0.15, 0.2) is 84.2 Å². The number of quaternary nitrogens is 1. The number of carbonyl (C=O) groups excluding carboxylic acids is 4. The van der Waals surface area contributed by atoms with E-state index in [9.17, 15) is 19.2 Å². The van der Waals surface area contributed by atoms with Crippen molar-refractivity contribution in [3.63, 3.8) is 0 Å². The molecule has 4 aromatic rings. The Balaban J connectivity index is 0.722. The van der Waals surface area contributed by atoms with Crippen molar-refractivity contribution in [2.75, 3.05) is 56.4 Å². The number of piperidine rings is 4. The molecule has 15 heteroatoms. The van der Waals surface area contributed by atoms with Crippen molar-refractivity contribution in [2.24, 2.45) is 11.0 Å². The van der Waals surface area contributed by atoms with E-state index in [-0.39, 0.29) is 24.8 Å². The number of amides is 4. The van der Waals surface area contributed by atoms with Gasteiger partial charge in [0, 0.05) is 49.8 Å². The van der Waals surface area contributed by atoms with E-state index in [0.717, 1.165) is 134 Å². The van der Waals surface area contributed by atoms with Gasteiger partial charge >= 0.3 is 0 Å². The van der Waals surface area contributed by atoms with Crippen molar-refractivity contribution in [2.45, 2.75) is 69.5 Å². The van der Waals surface area contributed by atoms with Crippen molar-refractivity contribution in [1.29, 1.82) is 0 Å². The van der Waals surface area contributed by atoms with Gasteiger partial charge in [0.15, 0.2) is 0 Å². The number of carbonyl (C=O) groups is 4. The number of nitrogens with two attached hydrogens (primary N) is 1. The minimum atomic E-state index is -0.961. The fourth-order valence-electron chi connectivity index (χ4n) is 10.3. The smallest absolute Gasteiger partial charge is 0.267 e. The van der Waals surface area contributed by atoms with Crippen LogP contribution in [-0.2, 0) is 9.59 Å². The van der Waals surface area contributed by atoms with Gasteiger partial charge in [-0.1, -0.05) is 23.3 Å². The first-order valence-corrected chi connectivity index (χ1v) is 21.7. The number of rotatable bonds is 9. The number of benzene rings is 3. The number of nitrogen functional groups attached to an aromatic ring is 1. The van der Waals surface area contributed by atoms with Crippen LogP contribution in [0, 0.1) is 5.92 Å². The van der Waals surface area contributed by atoms with Crippen molar-refractivity contribution in [1.82, 2.24) is 30.0 Å². The third-order valence-electron chi connectivity index (χ3n) is 13.5. The molecule has 7 heterocycles. The summed E-state index contributed by atoms with van der Waals surface area (Å²) in [6, 6.07) is 23.0. The average Bonchev–Trinajstić information content (AvgIpc) is 3.80. The van der Waals surface area contributed by atoms with Crippen LogP contribution in [0.3, 0.4) is 0 Å². The molecule has 15 nitrogen and oxygen atoms in total. The molecule has 4 N–H and O–H groups in total. The third-order valence-corrected chi connectivity index (χ3v) is 13.5. The SMILES string of the molecule is Nc1ncnc2c1C(c1ccc(Oc3ccccc3)cc1)=N[NH+]2C1CCCN(C2CCN(CC3CCN(c4ccc5c(c4)C(=O)N(C4CCC(=O)NC4=O)C5=O)CC3)CC2)C1. The molecule has 61 heavy (non-hydrogen) atoms. The van der Waals surface area contributed by atoms with Gasteiger partial charge in [-0.15, -0.1) is 0 Å². The molecule has 3 atom stereocenters. The van der Waals surface area contributed by atoms with E-state index < -0.39 is 23.8 Å². The van der Waals surface area contributed by atoms with E-state index in [0.29, 0.717) is 28.9 Å². The summed E-state index contributed by atoms with van der Waals surface area (Å²) in [5.74, 6) is 1.53. The summed E-state index contributed by atoms with van der Waals surface area (Å²) in [7, 11) is 0. The first-order chi connectivity index (χ1) is 29.8. The van der Waals surface area contributed by atoms with Gasteiger partial charge in [0.25, 0.3) is 17.6 Å². The molecule has 314 valence electrons. The van der Waals surface area contributed by atoms with Crippen LogP contribution in [-0.4, -0.2) is 118 Å². The predicted molar refractivity (Wildman–Crippen MR) is 228 cm³/mol. The number of imide groups is 2. The van der Waals surface area contributed by atoms with Gasteiger partial charge in [-0.2, -0.15) is 9.99 Å². The van der Waals surface area contributed by atoms with Crippen molar-refractivity contribution in [3.05, 3.63) is 101 Å². The first-order valence-electron chi connectivity index (χ1n) is 21.7. The Morgan fingerprint density at radius 2 is 1.54 bits per heavy atom. The lowest BCUT2D eigenvalue weighted by molar-refractivity contribution is -0.868. The lowest BCUT2D eigenvalue weighted by atomic mass is 9.93. The van der Waals surface area contributed by atoms with Gasteiger partial charge in [0.05, 0.1) is 17.7 Å². The Labute approximate surface area is 354 Å². The van der Waals surface area contributed by atoms with E-state index in [4.69, 9.17) is 20.6 Å². The van der Waals surface area contributed by atoms with E-state index in [2.05, 4.69) is 25.0 Å². The molecule has 3 aromatic carbocycles. The van der Waals surface area contributed by atoms with Crippen LogP contribution in [0.5, 0.6) is 11.5 Å². The Kier molecular flexibility index (Phi) is 10.5. The normalized spacial score (nSPS) is 24.1. The second-order valence-electron chi connectivity index (χ2n) is 17.2. The summed E-state index contributed by atoms with van der Waals surface area (Å²) in [5, 5.41) is 8.55.